The van der Waals surface area contributed by atoms with Crippen LogP contribution in [0, 0.1) is 0 Å². The van der Waals surface area contributed by atoms with E-state index in [0.29, 0.717) is 18.5 Å². The number of nitrogens with one attached hydrogen (secondary N) is 1. The Labute approximate surface area is 154 Å². The predicted molar refractivity (Wildman–Crippen MR) is 94.9 cm³/mol. The van der Waals surface area contributed by atoms with E-state index in [2.05, 4.69) is 5.32 Å². The number of carbonyl (C=O) groups is 4. The van der Waals surface area contributed by atoms with Crippen LogP contribution in [0.2, 0.25) is 0 Å². The monoisotopic (exact) mass is 364 g/mol. The average molecular weight is 364 g/mol. The summed E-state index contributed by atoms with van der Waals surface area (Å²) in [7, 11) is 0. The molecule has 7 heteroatoms. The highest BCUT2D eigenvalue weighted by Gasteiger charge is 2.39. The first-order chi connectivity index (χ1) is 12.9. The number of carbonyl (C=O) groups excluding carboxylic acids is 3. The lowest BCUT2D eigenvalue weighted by atomic mass is 9.99. The topological polar surface area (TPSA) is 104 Å². The second kappa shape index (κ2) is 6.35. The van der Waals surface area contributed by atoms with Crippen LogP contribution >= 0.6 is 0 Å². The molecular formula is C20H16N2O5. The summed E-state index contributed by atoms with van der Waals surface area (Å²) in [5.41, 5.74) is 3.15. The van der Waals surface area contributed by atoms with E-state index in [0.717, 1.165) is 16.7 Å². The van der Waals surface area contributed by atoms with Gasteiger partial charge in [0.2, 0.25) is 11.8 Å². The van der Waals surface area contributed by atoms with Gasteiger partial charge in [-0.05, 0) is 41.3 Å². The van der Waals surface area contributed by atoms with Crippen LogP contribution in [-0.2, 0) is 16.1 Å². The molecule has 136 valence electrons. The first-order valence-corrected chi connectivity index (χ1v) is 8.55. The standard InChI is InChI=1S/C20H16N2O5/c23-17-8-7-16(18(24)21-17)22-10-14-6-5-13(9-15(14)19(22)25)11-1-3-12(4-2-11)20(26)27/h1-6,9,16H,7-8,10H2,(H,26,27)(H,21,23,24). The third-order valence-corrected chi connectivity index (χ3v) is 4.99. The molecule has 2 aliphatic rings. The Bertz CT molecular complexity index is 980. The lowest BCUT2D eigenvalue weighted by Gasteiger charge is -2.29. The van der Waals surface area contributed by atoms with Crippen LogP contribution < -0.4 is 5.32 Å². The number of fused-ring (bicyclic) bond motifs is 1. The lowest BCUT2D eigenvalue weighted by Crippen LogP contribution is -2.52. The molecule has 0 radical (unpaired) electrons. The Morgan fingerprint density at radius 1 is 1.04 bits per heavy atom. The number of amides is 3. The molecule has 3 amide bonds. The molecular weight excluding hydrogens is 348 g/mol. The average Bonchev–Trinajstić information content (AvgIpc) is 2.98. The van der Waals surface area contributed by atoms with Gasteiger partial charge in [0, 0.05) is 18.5 Å². The van der Waals surface area contributed by atoms with Gasteiger partial charge in [0.1, 0.15) is 6.04 Å². The van der Waals surface area contributed by atoms with E-state index in [1.807, 2.05) is 12.1 Å². The third-order valence-electron chi connectivity index (χ3n) is 4.99. The first kappa shape index (κ1) is 17.0. The number of hydrogen-bond donors (Lipinski definition) is 2. The van der Waals surface area contributed by atoms with Crippen molar-refractivity contribution in [2.24, 2.45) is 0 Å². The highest BCUT2D eigenvalue weighted by molar-refractivity contribution is 6.05. The molecule has 1 unspecified atom stereocenters. The maximum atomic E-state index is 12.8. The van der Waals surface area contributed by atoms with Gasteiger partial charge < -0.3 is 10.0 Å². The van der Waals surface area contributed by atoms with Crippen LogP contribution in [0.3, 0.4) is 0 Å². The minimum atomic E-state index is -0.995. The number of nitrogens with zero attached hydrogens (tertiary/aromatic N) is 1. The fourth-order valence-electron chi connectivity index (χ4n) is 3.54. The number of rotatable bonds is 3. The van der Waals surface area contributed by atoms with Gasteiger partial charge in [-0.15, -0.1) is 0 Å². The molecule has 7 nitrogen and oxygen atoms in total. The van der Waals surface area contributed by atoms with Crippen LogP contribution in [0.4, 0.5) is 0 Å². The SMILES string of the molecule is O=C1CCC(N2Cc3ccc(-c4ccc(C(=O)O)cc4)cc3C2=O)C(=O)N1. The number of carboxylic acid groups (broad SMARTS) is 1. The minimum Gasteiger partial charge on any atom is -0.478 e. The molecule has 2 N–H and O–H groups in total. The summed E-state index contributed by atoms with van der Waals surface area (Å²) in [6.45, 7) is 0.332. The van der Waals surface area contributed by atoms with E-state index in [1.54, 1.807) is 18.2 Å². The van der Waals surface area contributed by atoms with Crippen LogP contribution in [-0.4, -0.2) is 39.7 Å². The maximum absolute atomic E-state index is 12.8. The summed E-state index contributed by atoms with van der Waals surface area (Å²) in [5, 5.41) is 11.3. The molecule has 0 bridgehead atoms. The molecule has 2 aliphatic heterocycles. The van der Waals surface area contributed by atoms with Gasteiger partial charge in [0.25, 0.3) is 5.91 Å². The van der Waals surface area contributed by atoms with Crippen LogP contribution in [0.15, 0.2) is 42.5 Å². The molecule has 0 spiro atoms. The van der Waals surface area contributed by atoms with Crippen molar-refractivity contribution in [3.05, 3.63) is 59.2 Å². The summed E-state index contributed by atoms with van der Waals surface area (Å²) in [4.78, 5) is 48.7. The van der Waals surface area contributed by atoms with Crippen molar-refractivity contribution in [2.75, 3.05) is 0 Å². The van der Waals surface area contributed by atoms with Crippen LogP contribution in [0.1, 0.15) is 39.1 Å². The van der Waals surface area contributed by atoms with Crippen molar-refractivity contribution in [2.45, 2.75) is 25.4 Å². The van der Waals surface area contributed by atoms with Gasteiger partial charge in [-0.2, -0.15) is 0 Å². The molecule has 27 heavy (non-hydrogen) atoms. The minimum absolute atomic E-state index is 0.194. The molecule has 0 aliphatic carbocycles. The Morgan fingerprint density at radius 2 is 1.74 bits per heavy atom. The van der Waals surface area contributed by atoms with Crippen molar-refractivity contribution in [1.29, 1.82) is 0 Å². The Morgan fingerprint density at radius 3 is 2.41 bits per heavy atom. The molecule has 1 saturated heterocycles. The van der Waals surface area contributed by atoms with E-state index in [9.17, 15) is 19.2 Å². The molecule has 1 atom stereocenters. The molecule has 2 aromatic carbocycles. The van der Waals surface area contributed by atoms with Crippen molar-refractivity contribution in [1.82, 2.24) is 10.2 Å². The highest BCUT2D eigenvalue weighted by atomic mass is 16.4. The molecule has 1 fully saturated rings. The van der Waals surface area contributed by atoms with E-state index in [1.165, 1.54) is 17.0 Å². The summed E-state index contributed by atoms with van der Waals surface area (Å²) in [5.74, 6) is -1.97. The molecule has 0 saturated carbocycles. The zero-order chi connectivity index (χ0) is 19.1. The number of imide groups is 1. The Balaban J connectivity index is 1.60. The largest absolute Gasteiger partial charge is 0.478 e. The number of piperidine rings is 1. The Hall–Kier alpha value is -3.48. The van der Waals surface area contributed by atoms with Gasteiger partial charge in [0.05, 0.1) is 5.56 Å². The van der Waals surface area contributed by atoms with E-state index < -0.39 is 17.9 Å². The summed E-state index contributed by atoms with van der Waals surface area (Å²) >= 11 is 0. The van der Waals surface area contributed by atoms with Crippen LogP contribution in [0.25, 0.3) is 11.1 Å². The van der Waals surface area contributed by atoms with Gasteiger partial charge >= 0.3 is 5.97 Å². The summed E-state index contributed by atoms with van der Waals surface area (Å²) in [6.07, 6.45) is 0.547. The van der Waals surface area contributed by atoms with Crippen molar-refractivity contribution < 1.29 is 24.3 Å². The summed E-state index contributed by atoms with van der Waals surface area (Å²) < 4.78 is 0. The molecule has 0 aromatic heterocycles. The quantitative estimate of drug-likeness (QED) is 0.809. The lowest BCUT2D eigenvalue weighted by molar-refractivity contribution is -0.136. The number of hydrogen-bond acceptors (Lipinski definition) is 4. The molecule has 2 aromatic rings. The molecule has 4 rings (SSSR count). The smallest absolute Gasteiger partial charge is 0.335 e. The van der Waals surface area contributed by atoms with Gasteiger partial charge in [-0.25, -0.2) is 4.79 Å². The molecule has 2 heterocycles. The highest BCUT2D eigenvalue weighted by Crippen LogP contribution is 2.31. The van der Waals surface area contributed by atoms with Crippen molar-refractivity contribution >= 4 is 23.7 Å². The maximum Gasteiger partial charge on any atom is 0.335 e. The summed E-state index contributed by atoms with van der Waals surface area (Å²) in [6, 6.07) is 11.3. The fraction of sp³-hybridized carbons (Fsp3) is 0.200. The van der Waals surface area contributed by atoms with E-state index >= 15 is 0 Å². The van der Waals surface area contributed by atoms with Gasteiger partial charge in [-0.3, -0.25) is 19.7 Å². The Kier molecular flexibility index (Phi) is 3.99. The van der Waals surface area contributed by atoms with Crippen molar-refractivity contribution in [3.63, 3.8) is 0 Å². The second-order valence-electron chi connectivity index (χ2n) is 6.65. The van der Waals surface area contributed by atoms with E-state index in [4.69, 9.17) is 5.11 Å². The number of aromatic carboxylic acids is 1. The number of benzene rings is 2. The normalized spacial score (nSPS) is 19.0. The van der Waals surface area contributed by atoms with Crippen molar-refractivity contribution in [3.8, 4) is 11.1 Å². The first-order valence-electron chi connectivity index (χ1n) is 8.55. The second-order valence-corrected chi connectivity index (χ2v) is 6.65. The zero-order valence-electron chi connectivity index (χ0n) is 14.3. The fourth-order valence-corrected chi connectivity index (χ4v) is 3.54. The van der Waals surface area contributed by atoms with Crippen LogP contribution in [0.5, 0.6) is 0 Å². The van der Waals surface area contributed by atoms with Gasteiger partial charge in [0.15, 0.2) is 0 Å². The third kappa shape index (κ3) is 2.97. The van der Waals surface area contributed by atoms with E-state index in [-0.39, 0.29) is 23.8 Å². The van der Waals surface area contributed by atoms with Gasteiger partial charge in [-0.1, -0.05) is 24.3 Å². The number of carboxylic acids is 1. The zero-order valence-corrected chi connectivity index (χ0v) is 14.3. The predicted octanol–water partition coefficient (Wildman–Crippen LogP) is 1.81.